The molecule has 2 aromatic carbocycles. The van der Waals surface area contributed by atoms with Crippen LogP contribution >= 0.6 is 0 Å². The van der Waals surface area contributed by atoms with Crippen molar-refractivity contribution in [3.8, 4) is 0 Å². The molecular formula is C17H15F2N5. The first-order valence-corrected chi connectivity index (χ1v) is 7.71. The number of aromatic nitrogens is 4. The summed E-state index contributed by atoms with van der Waals surface area (Å²) >= 11 is 0. The molecule has 0 spiro atoms. The molecule has 0 saturated carbocycles. The van der Waals surface area contributed by atoms with E-state index in [0.717, 1.165) is 17.7 Å². The van der Waals surface area contributed by atoms with Gasteiger partial charge in [-0.3, -0.25) is 4.90 Å². The van der Waals surface area contributed by atoms with Crippen LogP contribution in [0.4, 0.5) is 8.78 Å². The Morgan fingerprint density at radius 2 is 1.83 bits per heavy atom. The molecule has 1 aliphatic rings. The maximum atomic E-state index is 13.7. The average Bonchev–Trinajstić information content (AvgIpc) is 3.05. The molecule has 0 unspecified atom stereocenters. The van der Waals surface area contributed by atoms with Crippen LogP contribution < -0.4 is 0 Å². The Morgan fingerprint density at radius 3 is 2.62 bits per heavy atom. The fourth-order valence-corrected chi connectivity index (χ4v) is 3.11. The number of halogens is 2. The van der Waals surface area contributed by atoms with E-state index in [1.54, 1.807) is 22.9 Å². The molecule has 7 heteroatoms. The van der Waals surface area contributed by atoms with Gasteiger partial charge in [0.15, 0.2) is 5.82 Å². The van der Waals surface area contributed by atoms with Gasteiger partial charge in [-0.15, -0.1) is 5.10 Å². The summed E-state index contributed by atoms with van der Waals surface area (Å²) in [4.78, 5) is 2.17. The Kier molecular flexibility index (Phi) is 3.78. The second-order valence-corrected chi connectivity index (χ2v) is 5.81. The predicted octanol–water partition coefficient (Wildman–Crippen LogP) is 2.56. The molecule has 1 atom stereocenters. The Labute approximate surface area is 137 Å². The topological polar surface area (TPSA) is 46.8 Å². The van der Waals surface area contributed by atoms with E-state index < -0.39 is 0 Å². The van der Waals surface area contributed by atoms with E-state index in [9.17, 15) is 8.78 Å². The van der Waals surface area contributed by atoms with Crippen molar-refractivity contribution in [2.45, 2.75) is 19.1 Å². The molecule has 1 aliphatic heterocycles. The van der Waals surface area contributed by atoms with Gasteiger partial charge in [0.25, 0.3) is 0 Å². The van der Waals surface area contributed by atoms with Crippen LogP contribution in [0.15, 0.2) is 48.5 Å². The summed E-state index contributed by atoms with van der Waals surface area (Å²) in [7, 11) is 0. The second-order valence-electron chi connectivity index (χ2n) is 5.81. The molecule has 2 heterocycles. The number of nitrogens with zero attached hydrogens (tertiary/aromatic N) is 5. The van der Waals surface area contributed by atoms with Crippen LogP contribution in [-0.2, 0) is 13.1 Å². The third-order valence-electron chi connectivity index (χ3n) is 4.23. The zero-order chi connectivity index (χ0) is 16.5. The average molecular weight is 327 g/mol. The molecule has 0 fully saturated rings. The molecule has 4 rings (SSSR count). The van der Waals surface area contributed by atoms with Gasteiger partial charge in [-0.2, -0.15) is 0 Å². The van der Waals surface area contributed by atoms with Crippen LogP contribution in [0, 0.1) is 11.6 Å². The number of fused-ring (bicyclic) bond motifs is 1. The lowest BCUT2D eigenvalue weighted by Crippen LogP contribution is -2.39. The second kappa shape index (κ2) is 6.09. The third-order valence-corrected chi connectivity index (χ3v) is 4.23. The van der Waals surface area contributed by atoms with Gasteiger partial charge < -0.3 is 0 Å². The number of benzene rings is 2. The number of hydrogen-bond acceptors (Lipinski definition) is 4. The highest BCUT2D eigenvalue weighted by Crippen LogP contribution is 2.31. The van der Waals surface area contributed by atoms with E-state index >= 15 is 0 Å². The molecule has 1 aromatic heterocycles. The smallest absolute Gasteiger partial charge is 0.173 e. The van der Waals surface area contributed by atoms with Crippen molar-refractivity contribution >= 4 is 0 Å². The first-order valence-electron chi connectivity index (χ1n) is 7.71. The largest absolute Gasteiger partial charge is 0.284 e. The Hall–Kier alpha value is -2.67. The summed E-state index contributed by atoms with van der Waals surface area (Å²) in [6.07, 6.45) is 0. The summed E-state index contributed by atoms with van der Waals surface area (Å²) in [6, 6.07) is 12.6. The Balaban J connectivity index is 1.71. The van der Waals surface area contributed by atoms with E-state index in [4.69, 9.17) is 0 Å². The normalized spacial score (nSPS) is 17.7. The lowest BCUT2D eigenvalue weighted by atomic mass is 10.0. The fourth-order valence-electron chi connectivity index (χ4n) is 3.11. The van der Waals surface area contributed by atoms with Gasteiger partial charge in [-0.1, -0.05) is 24.3 Å². The van der Waals surface area contributed by atoms with Crippen LogP contribution in [0.25, 0.3) is 0 Å². The number of rotatable bonds is 3. The fraction of sp³-hybridized carbons (Fsp3) is 0.235. The zero-order valence-electron chi connectivity index (χ0n) is 12.8. The summed E-state index contributed by atoms with van der Waals surface area (Å²) < 4.78 is 28.6. The maximum absolute atomic E-state index is 13.7. The minimum atomic E-state index is -0.293. The van der Waals surface area contributed by atoms with Gasteiger partial charge in [0.2, 0.25) is 0 Å². The van der Waals surface area contributed by atoms with E-state index in [1.165, 1.54) is 24.3 Å². The van der Waals surface area contributed by atoms with Crippen LogP contribution in [-0.4, -0.2) is 31.7 Å². The quantitative estimate of drug-likeness (QED) is 0.742. The van der Waals surface area contributed by atoms with Gasteiger partial charge in [-0.05, 0) is 45.8 Å². The summed E-state index contributed by atoms with van der Waals surface area (Å²) in [6.45, 7) is 1.99. The van der Waals surface area contributed by atoms with Crippen molar-refractivity contribution in [3.63, 3.8) is 0 Å². The lowest BCUT2D eigenvalue weighted by Gasteiger charge is -2.34. The standard InChI is InChI=1S/C17H15F2N5/c18-14-6-4-12(5-7-14)11-23-8-9-24-17(20-21-22-24)16(23)13-2-1-3-15(19)10-13/h1-7,10,16H,8-9,11H2/t16-/m1/s1. The Morgan fingerprint density at radius 1 is 1.00 bits per heavy atom. The van der Waals surface area contributed by atoms with Crippen molar-refractivity contribution in [2.24, 2.45) is 0 Å². The predicted molar refractivity (Wildman–Crippen MR) is 82.9 cm³/mol. The highest BCUT2D eigenvalue weighted by atomic mass is 19.1. The Bertz CT molecular complexity index is 846. The number of tetrazole rings is 1. The molecule has 0 aliphatic carbocycles. The molecule has 0 radical (unpaired) electrons. The highest BCUT2D eigenvalue weighted by Gasteiger charge is 2.32. The van der Waals surface area contributed by atoms with Crippen molar-refractivity contribution in [2.75, 3.05) is 6.54 Å². The molecule has 0 saturated heterocycles. The molecule has 3 aromatic rings. The van der Waals surface area contributed by atoms with Crippen LogP contribution in [0.3, 0.4) is 0 Å². The number of hydrogen-bond donors (Lipinski definition) is 0. The minimum absolute atomic E-state index is 0.241. The summed E-state index contributed by atoms with van der Waals surface area (Å²) in [5.74, 6) is 0.135. The first kappa shape index (κ1) is 14.9. The zero-order valence-corrected chi connectivity index (χ0v) is 12.8. The third kappa shape index (κ3) is 2.78. The monoisotopic (exact) mass is 327 g/mol. The van der Waals surface area contributed by atoms with Crippen LogP contribution in [0.2, 0.25) is 0 Å². The van der Waals surface area contributed by atoms with E-state index in [2.05, 4.69) is 20.4 Å². The molecule has 0 N–H and O–H groups in total. The van der Waals surface area contributed by atoms with Gasteiger partial charge in [0.1, 0.15) is 11.6 Å². The lowest BCUT2D eigenvalue weighted by molar-refractivity contribution is 0.163. The van der Waals surface area contributed by atoms with Crippen molar-refractivity contribution in [3.05, 3.63) is 77.1 Å². The maximum Gasteiger partial charge on any atom is 0.173 e. The van der Waals surface area contributed by atoms with Gasteiger partial charge in [0.05, 0.1) is 12.6 Å². The molecule has 5 nitrogen and oxygen atoms in total. The van der Waals surface area contributed by atoms with Crippen molar-refractivity contribution in [1.29, 1.82) is 0 Å². The van der Waals surface area contributed by atoms with Gasteiger partial charge in [-0.25, -0.2) is 13.5 Å². The van der Waals surface area contributed by atoms with Gasteiger partial charge in [0, 0.05) is 13.1 Å². The van der Waals surface area contributed by atoms with E-state index in [1.807, 2.05) is 6.07 Å². The van der Waals surface area contributed by atoms with Crippen LogP contribution in [0.5, 0.6) is 0 Å². The van der Waals surface area contributed by atoms with Crippen molar-refractivity contribution in [1.82, 2.24) is 25.1 Å². The van der Waals surface area contributed by atoms with E-state index in [-0.39, 0.29) is 17.7 Å². The van der Waals surface area contributed by atoms with E-state index in [0.29, 0.717) is 18.9 Å². The molecule has 122 valence electrons. The first-order chi connectivity index (χ1) is 11.7. The summed E-state index contributed by atoms with van der Waals surface area (Å²) in [5.41, 5.74) is 1.78. The molecular weight excluding hydrogens is 312 g/mol. The minimum Gasteiger partial charge on any atom is -0.284 e. The SMILES string of the molecule is Fc1ccc(CN2CCn3nnnc3[C@H]2c2cccc(F)c2)cc1. The van der Waals surface area contributed by atoms with Crippen molar-refractivity contribution < 1.29 is 8.78 Å². The molecule has 24 heavy (non-hydrogen) atoms. The van der Waals surface area contributed by atoms with Gasteiger partial charge >= 0.3 is 0 Å². The highest BCUT2D eigenvalue weighted by molar-refractivity contribution is 5.27. The summed E-state index contributed by atoms with van der Waals surface area (Å²) in [5, 5.41) is 11.9. The molecule has 0 amide bonds. The molecule has 0 bridgehead atoms. The van der Waals surface area contributed by atoms with Crippen LogP contribution in [0.1, 0.15) is 23.0 Å².